The van der Waals surface area contributed by atoms with Gasteiger partial charge in [0.15, 0.2) is 0 Å². The number of fused-ring (bicyclic) bond motifs is 1. The first kappa shape index (κ1) is 13.4. The largest absolute Gasteiger partial charge is 0.489 e. The molecule has 0 amide bonds. The number of carbonyl (C=O) groups excluding carboxylic acids is 1. The molecular weight excluding hydrogens is 248 g/mol. The van der Waals surface area contributed by atoms with Crippen LogP contribution in [0.2, 0.25) is 0 Å². The molecule has 2 rings (SSSR count). The molecule has 0 radical (unpaired) electrons. The summed E-state index contributed by atoms with van der Waals surface area (Å²) in [6, 6.07) is 5.08. The van der Waals surface area contributed by atoms with Crippen LogP contribution in [0.5, 0.6) is 11.5 Å². The maximum atomic E-state index is 11.5. The smallest absolute Gasteiger partial charge is 0.379 e. The van der Waals surface area contributed by atoms with Gasteiger partial charge in [0.2, 0.25) is 0 Å². The van der Waals surface area contributed by atoms with Crippen molar-refractivity contribution in [2.24, 2.45) is 0 Å². The number of esters is 1. The van der Waals surface area contributed by atoms with E-state index in [1.807, 2.05) is 12.2 Å². The molecule has 102 valence electrons. The first-order valence-corrected chi connectivity index (χ1v) is 6.05. The summed E-state index contributed by atoms with van der Waals surface area (Å²) in [5, 5.41) is 9.92. The summed E-state index contributed by atoms with van der Waals surface area (Å²) in [6.07, 6.45) is 3.84. The summed E-state index contributed by atoms with van der Waals surface area (Å²) in [6.45, 7) is 3.57. The van der Waals surface area contributed by atoms with E-state index in [9.17, 15) is 9.90 Å². The molecule has 0 unspecified atom stereocenters. The Morgan fingerprint density at radius 2 is 2.32 bits per heavy atom. The predicted octanol–water partition coefficient (Wildman–Crippen LogP) is 1.74. The van der Waals surface area contributed by atoms with Crippen LogP contribution in [-0.4, -0.2) is 30.1 Å². The van der Waals surface area contributed by atoms with Crippen LogP contribution < -0.4 is 9.47 Å². The van der Waals surface area contributed by atoms with Crippen molar-refractivity contribution in [1.29, 1.82) is 0 Å². The van der Waals surface area contributed by atoms with Crippen LogP contribution in [0.3, 0.4) is 0 Å². The fraction of sp³-hybridized carbons (Fsp3) is 0.357. The number of ether oxygens (including phenoxy) is 3. The van der Waals surface area contributed by atoms with Gasteiger partial charge in [0.25, 0.3) is 0 Å². The third-order valence-electron chi connectivity index (χ3n) is 2.59. The number of benzene rings is 1. The molecule has 0 spiro atoms. The molecule has 1 heterocycles. The van der Waals surface area contributed by atoms with Crippen LogP contribution >= 0.6 is 0 Å². The summed E-state index contributed by atoms with van der Waals surface area (Å²) >= 11 is 0. The molecule has 1 aliphatic rings. The van der Waals surface area contributed by atoms with Gasteiger partial charge in [-0.1, -0.05) is 6.08 Å². The molecule has 0 saturated carbocycles. The van der Waals surface area contributed by atoms with Crippen molar-refractivity contribution < 1.29 is 24.1 Å². The van der Waals surface area contributed by atoms with Gasteiger partial charge >= 0.3 is 11.8 Å². The molecule has 0 aromatic heterocycles. The summed E-state index contributed by atoms with van der Waals surface area (Å²) in [5.74, 6) is -1.85. The molecule has 5 nitrogen and oxygen atoms in total. The topological polar surface area (TPSA) is 65.0 Å². The van der Waals surface area contributed by atoms with Crippen molar-refractivity contribution in [1.82, 2.24) is 0 Å². The molecule has 1 aromatic rings. The molecule has 0 bridgehead atoms. The molecule has 19 heavy (non-hydrogen) atoms. The van der Waals surface area contributed by atoms with E-state index in [1.165, 1.54) is 6.92 Å². The minimum absolute atomic E-state index is 0.177. The van der Waals surface area contributed by atoms with Gasteiger partial charge in [0.05, 0.1) is 6.61 Å². The molecular formula is C14H16O5. The van der Waals surface area contributed by atoms with Gasteiger partial charge in [-0.15, -0.1) is 0 Å². The number of hydrogen-bond acceptors (Lipinski definition) is 5. The van der Waals surface area contributed by atoms with Crippen LogP contribution in [0, 0.1) is 0 Å². The van der Waals surface area contributed by atoms with Crippen molar-refractivity contribution in [2.45, 2.75) is 19.6 Å². The van der Waals surface area contributed by atoms with Gasteiger partial charge < -0.3 is 19.3 Å². The third kappa shape index (κ3) is 3.06. The van der Waals surface area contributed by atoms with E-state index >= 15 is 0 Å². The lowest BCUT2D eigenvalue weighted by atomic mass is 10.1. The SMILES string of the molecule is CCOC(=O)[C@](C)(O)Oc1ccc2c(c1)OCC=C2. The number of hydrogen-bond donors (Lipinski definition) is 1. The number of rotatable bonds is 4. The fourth-order valence-electron chi connectivity index (χ4n) is 1.69. The zero-order chi connectivity index (χ0) is 13.9. The molecule has 0 aliphatic carbocycles. The van der Waals surface area contributed by atoms with E-state index in [0.29, 0.717) is 18.1 Å². The lowest BCUT2D eigenvalue weighted by molar-refractivity contribution is -0.194. The quantitative estimate of drug-likeness (QED) is 0.663. The second-order valence-corrected chi connectivity index (χ2v) is 4.22. The van der Waals surface area contributed by atoms with Crippen molar-refractivity contribution in [3.8, 4) is 11.5 Å². The number of aliphatic hydroxyl groups is 1. The van der Waals surface area contributed by atoms with Crippen molar-refractivity contribution in [3.63, 3.8) is 0 Å². The number of carbonyl (C=O) groups is 1. The van der Waals surface area contributed by atoms with E-state index in [0.717, 1.165) is 5.56 Å². The standard InChI is InChI=1S/C14H16O5/c1-3-17-13(15)14(2,16)19-11-7-6-10-5-4-8-18-12(10)9-11/h4-7,9,16H,3,8H2,1-2H3/t14-/m1/s1. The van der Waals surface area contributed by atoms with Gasteiger partial charge in [-0.05, 0) is 25.1 Å². The highest BCUT2D eigenvalue weighted by molar-refractivity contribution is 5.77. The van der Waals surface area contributed by atoms with E-state index in [1.54, 1.807) is 25.1 Å². The van der Waals surface area contributed by atoms with Crippen molar-refractivity contribution in [2.75, 3.05) is 13.2 Å². The Morgan fingerprint density at radius 1 is 1.53 bits per heavy atom. The highest BCUT2D eigenvalue weighted by Crippen LogP contribution is 2.30. The van der Waals surface area contributed by atoms with E-state index in [4.69, 9.17) is 14.2 Å². The van der Waals surface area contributed by atoms with E-state index < -0.39 is 11.8 Å². The second kappa shape index (κ2) is 5.32. The Labute approximate surface area is 111 Å². The Bertz CT molecular complexity index is 505. The van der Waals surface area contributed by atoms with Crippen molar-refractivity contribution >= 4 is 12.0 Å². The normalized spacial score (nSPS) is 15.9. The van der Waals surface area contributed by atoms with Gasteiger partial charge in [-0.2, -0.15) is 0 Å². The molecule has 1 N–H and O–H groups in total. The monoisotopic (exact) mass is 264 g/mol. The van der Waals surface area contributed by atoms with Gasteiger partial charge in [-0.3, -0.25) is 0 Å². The first-order valence-electron chi connectivity index (χ1n) is 6.05. The second-order valence-electron chi connectivity index (χ2n) is 4.22. The molecule has 1 aliphatic heterocycles. The maximum Gasteiger partial charge on any atom is 0.379 e. The molecule has 0 fully saturated rings. The van der Waals surface area contributed by atoms with Gasteiger partial charge in [-0.25, -0.2) is 4.79 Å². The zero-order valence-electron chi connectivity index (χ0n) is 10.9. The van der Waals surface area contributed by atoms with Crippen LogP contribution in [0.1, 0.15) is 19.4 Å². The Morgan fingerprint density at radius 3 is 3.05 bits per heavy atom. The van der Waals surface area contributed by atoms with Crippen LogP contribution in [-0.2, 0) is 9.53 Å². The third-order valence-corrected chi connectivity index (χ3v) is 2.59. The lowest BCUT2D eigenvalue weighted by Gasteiger charge is -2.23. The highest BCUT2D eigenvalue weighted by Gasteiger charge is 2.34. The zero-order valence-corrected chi connectivity index (χ0v) is 10.9. The minimum Gasteiger partial charge on any atom is -0.489 e. The fourth-order valence-corrected chi connectivity index (χ4v) is 1.69. The Kier molecular flexibility index (Phi) is 3.76. The van der Waals surface area contributed by atoms with E-state index in [2.05, 4.69) is 0 Å². The minimum atomic E-state index is -2.02. The molecule has 5 heteroatoms. The average Bonchev–Trinajstić information content (AvgIpc) is 2.38. The van der Waals surface area contributed by atoms with E-state index in [-0.39, 0.29) is 6.61 Å². The molecule has 1 atom stereocenters. The summed E-state index contributed by atoms with van der Waals surface area (Å²) < 4.78 is 15.4. The molecule has 0 saturated heterocycles. The van der Waals surface area contributed by atoms with Crippen LogP contribution in [0.4, 0.5) is 0 Å². The highest BCUT2D eigenvalue weighted by atomic mass is 16.7. The van der Waals surface area contributed by atoms with Crippen molar-refractivity contribution in [3.05, 3.63) is 29.8 Å². The van der Waals surface area contributed by atoms with Crippen LogP contribution in [0.15, 0.2) is 24.3 Å². The Balaban J connectivity index is 2.15. The van der Waals surface area contributed by atoms with Crippen LogP contribution in [0.25, 0.3) is 6.08 Å². The van der Waals surface area contributed by atoms with Gasteiger partial charge in [0.1, 0.15) is 18.1 Å². The summed E-state index contributed by atoms with van der Waals surface area (Å²) in [7, 11) is 0. The van der Waals surface area contributed by atoms with Gasteiger partial charge in [0, 0.05) is 18.6 Å². The summed E-state index contributed by atoms with van der Waals surface area (Å²) in [4.78, 5) is 11.5. The summed E-state index contributed by atoms with van der Waals surface area (Å²) in [5.41, 5.74) is 0.925. The predicted molar refractivity (Wildman–Crippen MR) is 68.9 cm³/mol. The average molecular weight is 264 g/mol. The maximum absolute atomic E-state index is 11.5. The lowest BCUT2D eigenvalue weighted by Crippen LogP contribution is -2.42. The Hall–Kier alpha value is -2.01. The molecule has 1 aromatic carbocycles. The first-order chi connectivity index (χ1) is 9.03.